The topological polar surface area (TPSA) is 104 Å². The van der Waals surface area contributed by atoms with Crippen molar-refractivity contribution in [3.8, 4) is 0 Å². The lowest BCUT2D eigenvalue weighted by molar-refractivity contribution is -0.141. The molecule has 6 heteroatoms. The Morgan fingerprint density at radius 1 is 1.22 bits per heavy atom. The van der Waals surface area contributed by atoms with Crippen LogP contribution in [0.2, 0.25) is 0 Å². The minimum atomic E-state index is -1.40. The van der Waals surface area contributed by atoms with Gasteiger partial charge in [0.05, 0.1) is 35.4 Å². The fourth-order valence-corrected chi connectivity index (χ4v) is 1.60. The number of aliphatic carboxylic acids is 1. The highest BCUT2D eigenvalue weighted by molar-refractivity contribution is 5.73. The van der Waals surface area contributed by atoms with E-state index in [4.69, 9.17) is 5.11 Å². The van der Waals surface area contributed by atoms with E-state index in [1.54, 1.807) is 18.2 Å². The lowest BCUT2D eigenvalue weighted by Crippen LogP contribution is -2.22. The van der Waals surface area contributed by atoms with Gasteiger partial charge in [0.2, 0.25) is 0 Å². The van der Waals surface area contributed by atoms with Crippen LogP contribution in [0.25, 0.3) is 11.0 Å². The third-order valence-electron chi connectivity index (χ3n) is 2.52. The second kappa shape index (κ2) is 5.07. The van der Waals surface area contributed by atoms with Gasteiger partial charge in [0.15, 0.2) is 0 Å². The molecule has 0 radical (unpaired) electrons. The first kappa shape index (κ1) is 12.4. The SMILES string of the molecule is O=C(O)CC(O)C(O)c1cnc2ccccc2n1. The van der Waals surface area contributed by atoms with E-state index in [9.17, 15) is 15.0 Å². The van der Waals surface area contributed by atoms with Crippen LogP contribution in [0.4, 0.5) is 0 Å². The van der Waals surface area contributed by atoms with Crippen molar-refractivity contribution in [2.75, 3.05) is 0 Å². The Hall–Kier alpha value is -2.05. The number of aromatic nitrogens is 2. The maximum Gasteiger partial charge on any atom is 0.306 e. The van der Waals surface area contributed by atoms with Gasteiger partial charge in [0, 0.05) is 0 Å². The number of rotatable bonds is 4. The summed E-state index contributed by atoms with van der Waals surface area (Å²) in [4.78, 5) is 18.7. The van der Waals surface area contributed by atoms with Gasteiger partial charge in [-0.25, -0.2) is 4.98 Å². The van der Waals surface area contributed by atoms with E-state index < -0.39 is 24.6 Å². The quantitative estimate of drug-likeness (QED) is 0.727. The normalized spacial score (nSPS) is 14.3. The number of hydrogen-bond acceptors (Lipinski definition) is 5. The zero-order valence-electron chi connectivity index (χ0n) is 9.39. The first-order valence-corrected chi connectivity index (χ1v) is 5.37. The van der Waals surface area contributed by atoms with E-state index in [0.717, 1.165) is 0 Å². The summed E-state index contributed by atoms with van der Waals surface area (Å²) in [5.74, 6) is -1.18. The fourth-order valence-electron chi connectivity index (χ4n) is 1.60. The van der Waals surface area contributed by atoms with Crippen molar-refractivity contribution >= 4 is 17.0 Å². The number of carbonyl (C=O) groups is 1. The van der Waals surface area contributed by atoms with E-state index in [-0.39, 0.29) is 5.69 Å². The van der Waals surface area contributed by atoms with Crippen LogP contribution >= 0.6 is 0 Å². The molecule has 0 aliphatic heterocycles. The van der Waals surface area contributed by atoms with Crippen LogP contribution in [0.3, 0.4) is 0 Å². The Kier molecular flexibility index (Phi) is 3.50. The van der Waals surface area contributed by atoms with Crippen molar-refractivity contribution in [1.82, 2.24) is 9.97 Å². The number of hydrogen-bond donors (Lipinski definition) is 3. The van der Waals surface area contributed by atoms with Crippen molar-refractivity contribution < 1.29 is 20.1 Å². The van der Waals surface area contributed by atoms with Crippen molar-refractivity contribution in [2.45, 2.75) is 18.6 Å². The summed E-state index contributed by atoms with van der Waals surface area (Å²) in [5, 5.41) is 27.8. The van der Waals surface area contributed by atoms with Gasteiger partial charge in [-0.1, -0.05) is 12.1 Å². The molecule has 18 heavy (non-hydrogen) atoms. The zero-order chi connectivity index (χ0) is 13.1. The highest BCUT2D eigenvalue weighted by Crippen LogP contribution is 2.18. The van der Waals surface area contributed by atoms with Crippen LogP contribution in [0, 0.1) is 0 Å². The molecular weight excluding hydrogens is 236 g/mol. The number of benzene rings is 1. The predicted octanol–water partition coefficient (Wildman–Crippen LogP) is 0.499. The number of fused-ring (bicyclic) bond motifs is 1. The number of aliphatic hydroxyl groups excluding tert-OH is 2. The molecule has 0 bridgehead atoms. The summed E-state index contributed by atoms with van der Waals surface area (Å²) >= 11 is 0. The Morgan fingerprint density at radius 3 is 2.56 bits per heavy atom. The molecule has 0 aliphatic carbocycles. The van der Waals surface area contributed by atoms with Crippen LogP contribution in [-0.2, 0) is 4.79 Å². The maximum atomic E-state index is 10.5. The number of aliphatic hydroxyl groups is 2. The Morgan fingerprint density at radius 2 is 1.89 bits per heavy atom. The first-order valence-electron chi connectivity index (χ1n) is 5.37. The monoisotopic (exact) mass is 248 g/mol. The lowest BCUT2D eigenvalue weighted by atomic mass is 10.1. The van der Waals surface area contributed by atoms with Crippen LogP contribution in [0.15, 0.2) is 30.5 Å². The number of para-hydroxylation sites is 2. The molecule has 0 saturated carbocycles. The summed E-state index contributed by atoms with van der Waals surface area (Å²) in [7, 11) is 0. The second-order valence-corrected chi connectivity index (χ2v) is 3.89. The lowest BCUT2D eigenvalue weighted by Gasteiger charge is -2.15. The van der Waals surface area contributed by atoms with Gasteiger partial charge >= 0.3 is 5.97 Å². The molecule has 2 aromatic rings. The Bertz CT molecular complexity index is 573. The summed E-state index contributed by atoms with van der Waals surface area (Å²) < 4.78 is 0. The molecule has 2 unspecified atom stereocenters. The standard InChI is InChI=1S/C12H12N2O4/c15-10(5-11(16)17)12(18)9-6-13-7-3-1-2-4-8(7)14-9/h1-4,6,10,12,15,18H,5H2,(H,16,17). The summed E-state index contributed by atoms with van der Waals surface area (Å²) in [6.07, 6.45) is -1.98. The minimum Gasteiger partial charge on any atom is -0.481 e. The molecule has 2 atom stereocenters. The third-order valence-corrected chi connectivity index (χ3v) is 2.52. The van der Waals surface area contributed by atoms with Gasteiger partial charge in [0.25, 0.3) is 0 Å². The van der Waals surface area contributed by atoms with E-state index in [1.807, 2.05) is 6.07 Å². The molecule has 1 aromatic heterocycles. The Labute approximate surface area is 103 Å². The highest BCUT2D eigenvalue weighted by atomic mass is 16.4. The predicted molar refractivity (Wildman–Crippen MR) is 62.8 cm³/mol. The number of carboxylic acids is 1. The molecule has 1 heterocycles. The van der Waals surface area contributed by atoms with Crippen molar-refractivity contribution in [2.24, 2.45) is 0 Å². The van der Waals surface area contributed by atoms with E-state index in [0.29, 0.717) is 11.0 Å². The molecule has 0 fully saturated rings. The maximum absolute atomic E-state index is 10.5. The van der Waals surface area contributed by atoms with Gasteiger partial charge in [-0.3, -0.25) is 9.78 Å². The van der Waals surface area contributed by atoms with Crippen molar-refractivity contribution in [1.29, 1.82) is 0 Å². The zero-order valence-corrected chi connectivity index (χ0v) is 9.39. The first-order chi connectivity index (χ1) is 8.58. The largest absolute Gasteiger partial charge is 0.481 e. The van der Waals surface area contributed by atoms with E-state index in [2.05, 4.69) is 9.97 Å². The van der Waals surface area contributed by atoms with Gasteiger partial charge in [-0.15, -0.1) is 0 Å². The molecule has 0 saturated heterocycles. The summed E-state index contributed by atoms with van der Waals surface area (Å²) in [5.41, 5.74) is 1.40. The number of carboxylic acid groups (broad SMARTS) is 1. The van der Waals surface area contributed by atoms with Crippen LogP contribution in [0.5, 0.6) is 0 Å². The fraction of sp³-hybridized carbons (Fsp3) is 0.250. The van der Waals surface area contributed by atoms with Gasteiger partial charge in [-0.2, -0.15) is 0 Å². The second-order valence-electron chi connectivity index (χ2n) is 3.89. The molecule has 6 nitrogen and oxygen atoms in total. The minimum absolute atomic E-state index is 0.155. The molecule has 0 amide bonds. The van der Waals surface area contributed by atoms with Crippen molar-refractivity contribution in [3.05, 3.63) is 36.2 Å². The van der Waals surface area contributed by atoms with E-state index >= 15 is 0 Å². The van der Waals surface area contributed by atoms with Crippen LogP contribution in [-0.4, -0.2) is 37.4 Å². The average Bonchev–Trinajstić information content (AvgIpc) is 2.36. The van der Waals surface area contributed by atoms with Gasteiger partial charge < -0.3 is 15.3 Å². The van der Waals surface area contributed by atoms with Crippen LogP contribution in [0.1, 0.15) is 18.2 Å². The van der Waals surface area contributed by atoms with Gasteiger partial charge in [-0.05, 0) is 12.1 Å². The molecule has 0 spiro atoms. The molecule has 2 rings (SSSR count). The molecule has 0 aliphatic rings. The van der Waals surface area contributed by atoms with E-state index in [1.165, 1.54) is 6.20 Å². The van der Waals surface area contributed by atoms with Gasteiger partial charge in [0.1, 0.15) is 6.10 Å². The molecular formula is C12H12N2O4. The molecule has 3 N–H and O–H groups in total. The summed E-state index contributed by atoms with van der Waals surface area (Å²) in [6, 6.07) is 7.08. The smallest absolute Gasteiger partial charge is 0.306 e. The summed E-state index contributed by atoms with van der Waals surface area (Å²) in [6.45, 7) is 0. The highest BCUT2D eigenvalue weighted by Gasteiger charge is 2.22. The third kappa shape index (κ3) is 2.61. The molecule has 94 valence electrons. The average molecular weight is 248 g/mol. The molecule has 1 aromatic carbocycles. The Balaban J connectivity index is 2.27. The number of nitrogens with zero attached hydrogens (tertiary/aromatic N) is 2. The van der Waals surface area contributed by atoms with Crippen LogP contribution < -0.4 is 0 Å². The van der Waals surface area contributed by atoms with Crippen molar-refractivity contribution in [3.63, 3.8) is 0 Å².